The number of ether oxygens (including phenoxy) is 1. The first kappa shape index (κ1) is 22.8. The van der Waals surface area contributed by atoms with Gasteiger partial charge < -0.3 is 14.6 Å². The van der Waals surface area contributed by atoms with Crippen molar-refractivity contribution < 1.29 is 9.53 Å². The zero-order chi connectivity index (χ0) is 24.6. The fourth-order valence-corrected chi connectivity index (χ4v) is 5.77. The molecule has 1 amide bonds. The Labute approximate surface area is 209 Å². The van der Waals surface area contributed by atoms with Gasteiger partial charge in [-0.15, -0.1) is 0 Å². The molecular formula is C28H31N5O3. The fourth-order valence-electron chi connectivity index (χ4n) is 5.77. The molecule has 0 bridgehead atoms. The second kappa shape index (κ2) is 9.41. The van der Waals surface area contributed by atoms with E-state index in [4.69, 9.17) is 4.74 Å². The molecule has 0 radical (unpaired) electrons. The summed E-state index contributed by atoms with van der Waals surface area (Å²) in [6, 6.07) is 9.73. The molecule has 1 atom stereocenters. The molecule has 2 aliphatic rings. The fraction of sp³-hybridized carbons (Fsp3) is 0.429. The van der Waals surface area contributed by atoms with Gasteiger partial charge in [0.15, 0.2) is 0 Å². The number of hydrogen-bond donors (Lipinski definition) is 1. The summed E-state index contributed by atoms with van der Waals surface area (Å²) in [5, 5.41) is 6.13. The van der Waals surface area contributed by atoms with Crippen molar-refractivity contribution in [2.45, 2.75) is 64.0 Å². The molecule has 0 spiro atoms. The number of carbonyl (C=O) groups is 1. The van der Waals surface area contributed by atoms with E-state index in [2.05, 4.69) is 19.7 Å². The number of pyridine rings is 2. The first-order valence-electron chi connectivity index (χ1n) is 13.0. The van der Waals surface area contributed by atoms with E-state index >= 15 is 0 Å². The zero-order valence-corrected chi connectivity index (χ0v) is 20.6. The van der Waals surface area contributed by atoms with Gasteiger partial charge >= 0.3 is 0 Å². The van der Waals surface area contributed by atoms with Crippen LogP contribution in [0, 0.1) is 6.92 Å². The van der Waals surface area contributed by atoms with Crippen LogP contribution in [0.4, 0.5) is 0 Å². The maximum atomic E-state index is 13.6. The third-order valence-electron chi connectivity index (χ3n) is 7.67. The molecule has 3 aromatic heterocycles. The highest BCUT2D eigenvalue weighted by atomic mass is 16.5. The monoisotopic (exact) mass is 485 g/mol. The number of likely N-dealkylation sites (tertiary alicyclic amines) is 1. The van der Waals surface area contributed by atoms with Crippen molar-refractivity contribution in [1.29, 1.82) is 0 Å². The summed E-state index contributed by atoms with van der Waals surface area (Å²) in [4.78, 5) is 35.6. The average Bonchev–Trinajstić information content (AvgIpc) is 3.45. The Morgan fingerprint density at radius 2 is 1.92 bits per heavy atom. The van der Waals surface area contributed by atoms with Gasteiger partial charge in [0.1, 0.15) is 6.10 Å². The Bertz CT molecular complexity index is 1470. The molecular weight excluding hydrogens is 454 g/mol. The number of carbonyl (C=O) groups excluding carboxylic acids is 1. The average molecular weight is 486 g/mol. The molecule has 1 saturated carbocycles. The lowest BCUT2D eigenvalue weighted by molar-refractivity contribution is 0.0770. The van der Waals surface area contributed by atoms with E-state index in [1.54, 1.807) is 12.4 Å². The number of nitrogens with zero attached hydrogens (tertiary/aromatic N) is 4. The molecule has 1 N–H and O–H groups in total. The normalized spacial score (nSPS) is 19.1. The van der Waals surface area contributed by atoms with Crippen LogP contribution in [0.5, 0.6) is 5.88 Å². The van der Waals surface area contributed by atoms with Gasteiger partial charge in [-0.1, -0.05) is 31.7 Å². The molecule has 6 rings (SSSR count). The summed E-state index contributed by atoms with van der Waals surface area (Å²) < 4.78 is 8.04. The van der Waals surface area contributed by atoms with Crippen molar-refractivity contribution in [2.75, 3.05) is 13.1 Å². The third kappa shape index (κ3) is 4.14. The van der Waals surface area contributed by atoms with Crippen molar-refractivity contribution in [2.24, 2.45) is 0 Å². The van der Waals surface area contributed by atoms with Crippen LogP contribution in [0.1, 0.15) is 66.9 Å². The standard InChI is InChI=1S/C28H31N5O3/c1-18-14-24-22(26-23(27(34)31-24)16-30-33(26)19-8-4-2-3-5-9-19)15-21(18)28(35)32-13-11-20(17-32)36-25-10-6-7-12-29-25/h6-7,10,12,14-16,19-20H,2-5,8-9,11,13,17H2,1H3,(H,31,34)/t20-/m1/s1. The van der Waals surface area contributed by atoms with Gasteiger partial charge in [0.05, 0.1) is 35.2 Å². The molecule has 1 aliphatic heterocycles. The highest BCUT2D eigenvalue weighted by Crippen LogP contribution is 2.32. The number of amides is 1. The predicted molar refractivity (Wildman–Crippen MR) is 139 cm³/mol. The maximum Gasteiger partial charge on any atom is 0.259 e. The summed E-state index contributed by atoms with van der Waals surface area (Å²) >= 11 is 0. The third-order valence-corrected chi connectivity index (χ3v) is 7.67. The van der Waals surface area contributed by atoms with Crippen LogP contribution in [-0.4, -0.2) is 49.7 Å². The second-order valence-electron chi connectivity index (χ2n) is 10.1. The maximum absolute atomic E-state index is 13.6. The number of aryl methyl sites for hydroxylation is 1. The lowest BCUT2D eigenvalue weighted by Crippen LogP contribution is -2.31. The smallest absolute Gasteiger partial charge is 0.259 e. The number of fused-ring (bicyclic) bond motifs is 3. The summed E-state index contributed by atoms with van der Waals surface area (Å²) in [7, 11) is 0. The van der Waals surface area contributed by atoms with Gasteiger partial charge in [-0.2, -0.15) is 5.10 Å². The Morgan fingerprint density at radius 1 is 1.08 bits per heavy atom. The van der Waals surface area contributed by atoms with E-state index in [9.17, 15) is 9.59 Å². The Morgan fingerprint density at radius 3 is 2.69 bits per heavy atom. The highest BCUT2D eigenvalue weighted by Gasteiger charge is 2.30. The van der Waals surface area contributed by atoms with Crippen molar-refractivity contribution >= 4 is 27.7 Å². The van der Waals surface area contributed by atoms with Crippen LogP contribution in [-0.2, 0) is 0 Å². The molecule has 2 fully saturated rings. The molecule has 1 aromatic carbocycles. The van der Waals surface area contributed by atoms with Crippen LogP contribution in [0.25, 0.3) is 21.8 Å². The Balaban J connectivity index is 1.35. The molecule has 1 aliphatic carbocycles. The quantitative estimate of drug-likeness (QED) is 0.420. The summed E-state index contributed by atoms with van der Waals surface area (Å²) in [5.74, 6) is 0.568. The minimum Gasteiger partial charge on any atom is -0.472 e. The lowest BCUT2D eigenvalue weighted by atomic mass is 10.0. The van der Waals surface area contributed by atoms with Crippen molar-refractivity contribution in [3.8, 4) is 5.88 Å². The minimum absolute atomic E-state index is 0.0126. The van der Waals surface area contributed by atoms with Gasteiger partial charge in [0.25, 0.3) is 11.5 Å². The number of H-pyrrole nitrogens is 1. The Kier molecular flexibility index (Phi) is 5.95. The first-order chi connectivity index (χ1) is 17.6. The van der Waals surface area contributed by atoms with Gasteiger partial charge in [-0.25, -0.2) is 4.98 Å². The van der Waals surface area contributed by atoms with E-state index in [0.29, 0.717) is 29.9 Å². The highest BCUT2D eigenvalue weighted by molar-refractivity contribution is 6.07. The number of rotatable bonds is 4. The van der Waals surface area contributed by atoms with E-state index in [1.165, 1.54) is 25.7 Å². The van der Waals surface area contributed by atoms with Crippen LogP contribution in [0.3, 0.4) is 0 Å². The number of nitrogens with one attached hydrogen (secondary N) is 1. The van der Waals surface area contributed by atoms with Crippen LogP contribution in [0.2, 0.25) is 0 Å². The number of aromatic amines is 1. The zero-order valence-electron chi connectivity index (χ0n) is 20.6. The SMILES string of the molecule is Cc1cc2[nH]c(=O)c3cnn(C4CCCCCC4)c3c2cc1C(=O)N1CC[C@@H](Oc2ccccn2)C1. The molecule has 4 aromatic rings. The largest absolute Gasteiger partial charge is 0.472 e. The van der Waals surface area contributed by atoms with Gasteiger partial charge in [-0.3, -0.25) is 14.3 Å². The molecule has 0 unspecified atom stereocenters. The van der Waals surface area contributed by atoms with Crippen LogP contribution < -0.4 is 10.3 Å². The minimum atomic E-state index is -0.134. The van der Waals surface area contributed by atoms with Gasteiger partial charge in [0, 0.05) is 36.2 Å². The summed E-state index contributed by atoms with van der Waals surface area (Å²) in [5.41, 5.74) is 2.95. The number of benzene rings is 1. The van der Waals surface area contributed by atoms with Gasteiger partial charge in [-0.05, 0) is 43.5 Å². The molecule has 1 saturated heterocycles. The predicted octanol–water partition coefficient (Wildman–Crippen LogP) is 4.77. The Hall–Kier alpha value is -3.68. The number of hydrogen-bond acceptors (Lipinski definition) is 5. The van der Waals surface area contributed by atoms with Crippen LogP contribution >= 0.6 is 0 Å². The number of aromatic nitrogens is 4. The topological polar surface area (TPSA) is 93.1 Å². The second-order valence-corrected chi connectivity index (χ2v) is 10.1. The van der Waals surface area contributed by atoms with Gasteiger partial charge in [0.2, 0.25) is 5.88 Å². The molecule has 186 valence electrons. The van der Waals surface area contributed by atoms with E-state index in [-0.39, 0.29) is 23.6 Å². The summed E-state index contributed by atoms with van der Waals surface area (Å²) in [6.07, 6.45) is 11.0. The first-order valence-corrected chi connectivity index (χ1v) is 13.0. The van der Waals surface area contributed by atoms with Crippen molar-refractivity contribution in [3.05, 3.63) is 64.2 Å². The van der Waals surface area contributed by atoms with Crippen molar-refractivity contribution in [3.63, 3.8) is 0 Å². The lowest BCUT2D eigenvalue weighted by Gasteiger charge is -2.20. The van der Waals surface area contributed by atoms with E-state index in [0.717, 1.165) is 41.2 Å². The van der Waals surface area contributed by atoms with Crippen LogP contribution in [0.15, 0.2) is 47.5 Å². The van der Waals surface area contributed by atoms with Crippen molar-refractivity contribution in [1.82, 2.24) is 24.6 Å². The molecule has 8 heteroatoms. The van der Waals surface area contributed by atoms with E-state index < -0.39 is 0 Å². The summed E-state index contributed by atoms with van der Waals surface area (Å²) in [6.45, 7) is 3.08. The molecule has 8 nitrogen and oxygen atoms in total. The molecule has 4 heterocycles. The molecule has 36 heavy (non-hydrogen) atoms. The van der Waals surface area contributed by atoms with E-state index in [1.807, 2.05) is 42.2 Å².